The second-order valence-electron chi connectivity index (χ2n) is 11.0. The number of aliphatic hydroxyl groups excluding tert-OH is 2. The van der Waals surface area contributed by atoms with Gasteiger partial charge in [-0.3, -0.25) is 14.4 Å². The molecule has 0 unspecified atom stereocenters. The molecule has 8 N–H and O–H groups in total. The maximum Gasteiger partial charge on any atom is 0.236 e. The largest absolute Gasteiger partial charge is 0.507 e. The van der Waals surface area contributed by atoms with E-state index in [0.717, 1.165) is 0 Å². The molecule has 0 radical (unpaired) electrons. The van der Waals surface area contributed by atoms with E-state index in [2.05, 4.69) is 10.5 Å². The third-order valence-corrected chi connectivity index (χ3v) is 8.18. The number of nitrogens with zero attached hydrogens (tertiary/aromatic N) is 1. The summed E-state index contributed by atoms with van der Waals surface area (Å²) in [6.45, 7) is 1.95. The summed E-state index contributed by atoms with van der Waals surface area (Å²) in [5, 5.41) is 59.2. The molecule has 2 aliphatic carbocycles. The van der Waals surface area contributed by atoms with Crippen molar-refractivity contribution >= 4 is 23.2 Å². The number of nitrogens with one attached hydrogen (secondary N) is 1. The van der Waals surface area contributed by atoms with Gasteiger partial charge in [0.2, 0.25) is 11.7 Å². The molecule has 1 amide bonds. The number of benzene rings is 2. The zero-order chi connectivity index (χ0) is 31.4. The fraction of sp³-hybridized carbons (Fsp3) is 0.448. The Kier molecular flexibility index (Phi) is 8.02. The molecule has 0 aromatic heterocycles. The topological polar surface area (TPSA) is 230 Å². The normalized spacial score (nSPS) is 28.5. The van der Waals surface area contributed by atoms with E-state index in [1.54, 1.807) is 6.92 Å². The van der Waals surface area contributed by atoms with Crippen molar-refractivity contribution in [3.63, 3.8) is 0 Å². The van der Waals surface area contributed by atoms with Crippen LogP contribution in [0.25, 0.3) is 0 Å². The Morgan fingerprint density at radius 2 is 1.88 bits per heavy atom. The van der Waals surface area contributed by atoms with E-state index in [1.165, 1.54) is 32.2 Å². The molecule has 1 aliphatic heterocycles. The predicted octanol–water partition coefficient (Wildman–Crippen LogP) is -0.0757. The molecule has 6 atom stereocenters. The van der Waals surface area contributed by atoms with Crippen molar-refractivity contribution in [2.24, 2.45) is 10.8 Å². The molecular weight excluding hydrogens is 566 g/mol. The Labute approximate surface area is 245 Å². The number of phenolic OH excluding ortho intramolecular Hbond substituents is 2. The lowest BCUT2D eigenvalue weighted by Gasteiger charge is -2.43. The van der Waals surface area contributed by atoms with Crippen molar-refractivity contribution in [2.75, 3.05) is 13.7 Å². The second kappa shape index (κ2) is 11.3. The summed E-state index contributed by atoms with van der Waals surface area (Å²) >= 11 is 0. The zero-order valence-corrected chi connectivity index (χ0v) is 23.7. The Morgan fingerprint density at radius 1 is 1.19 bits per heavy atom. The number of hydrogen-bond donors (Lipinski definition) is 7. The molecule has 3 aliphatic rings. The van der Waals surface area contributed by atoms with E-state index in [4.69, 9.17) is 19.9 Å². The van der Waals surface area contributed by atoms with Gasteiger partial charge in [-0.15, -0.1) is 0 Å². The van der Waals surface area contributed by atoms with Crippen LogP contribution >= 0.6 is 0 Å². The molecule has 14 heteroatoms. The number of rotatable bonds is 6. The number of carbonyl (C=O) groups excluding carboxylic acids is 3. The van der Waals surface area contributed by atoms with E-state index in [0.29, 0.717) is 0 Å². The number of phenols is 2. The molecule has 1 heterocycles. The minimum absolute atomic E-state index is 0.0162. The van der Waals surface area contributed by atoms with Crippen molar-refractivity contribution in [3.8, 4) is 17.2 Å². The molecule has 5 rings (SSSR count). The monoisotopic (exact) mass is 599 g/mol. The molecule has 43 heavy (non-hydrogen) atoms. The predicted molar refractivity (Wildman–Crippen MR) is 148 cm³/mol. The van der Waals surface area contributed by atoms with Crippen molar-refractivity contribution < 1.29 is 54.1 Å². The highest BCUT2D eigenvalue weighted by Crippen LogP contribution is 2.52. The van der Waals surface area contributed by atoms with Crippen LogP contribution in [0.15, 0.2) is 23.3 Å². The van der Waals surface area contributed by atoms with E-state index >= 15 is 0 Å². The molecule has 1 saturated heterocycles. The number of ketones is 2. The highest BCUT2D eigenvalue weighted by molar-refractivity contribution is 6.31. The van der Waals surface area contributed by atoms with Gasteiger partial charge < -0.3 is 45.5 Å². The second-order valence-corrected chi connectivity index (χ2v) is 11.0. The van der Waals surface area contributed by atoms with Gasteiger partial charge in [0, 0.05) is 48.9 Å². The Morgan fingerprint density at radius 3 is 2.51 bits per heavy atom. The van der Waals surface area contributed by atoms with Gasteiger partial charge in [-0.2, -0.15) is 5.10 Å². The van der Waals surface area contributed by atoms with E-state index in [-0.39, 0.29) is 40.1 Å². The van der Waals surface area contributed by atoms with Gasteiger partial charge in [0.15, 0.2) is 12.1 Å². The van der Waals surface area contributed by atoms with Gasteiger partial charge in [0.05, 0.1) is 54.4 Å². The summed E-state index contributed by atoms with van der Waals surface area (Å²) in [5.41, 5.74) is 4.57. The summed E-state index contributed by atoms with van der Waals surface area (Å²) in [6.07, 6.45) is -4.96. The van der Waals surface area contributed by atoms with Crippen LogP contribution in [-0.4, -0.2) is 92.6 Å². The highest BCUT2D eigenvalue weighted by Gasteiger charge is 2.49. The summed E-state index contributed by atoms with van der Waals surface area (Å²) < 4.78 is 17.2. The van der Waals surface area contributed by atoms with Crippen LogP contribution in [-0.2, 0) is 20.7 Å². The summed E-state index contributed by atoms with van der Waals surface area (Å²) in [4.78, 5) is 39.0. The minimum atomic E-state index is -2.07. The first kappa shape index (κ1) is 30.5. The zero-order valence-electron chi connectivity index (χ0n) is 23.7. The number of ether oxygens (including phenoxy) is 3. The average Bonchev–Trinajstić information content (AvgIpc) is 2.95. The number of amides is 1. The first-order chi connectivity index (χ1) is 20.3. The molecule has 2 aromatic carbocycles. The third-order valence-electron chi connectivity index (χ3n) is 8.18. The minimum Gasteiger partial charge on any atom is -0.507 e. The number of methoxy groups -OCH3 is 1. The van der Waals surface area contributed by atoms with Gasteiger partial charge in [-0.25, -0.2) is 5.43 Å². The summed E-state index contributed by atoms with van der Waals surface area (Å²) in [7, 11) is 1.33. The van der Waals surface area contributed by atoms with Crippen LogP contribution in [0.2, 0.25) is 0 Å². The fourth-order valence-electron chi connectivity index (χ4n) is 6.04. The van der Waals surface area contributed by atoms with Gasteiger partial charge in [0.1, 0.15) is 22.8 Å². The van der Waals surface area contributed by atoms with E-state index in [1.807, 2.05) is 0 Å². The number of fused-ring (bicyclic) bond motifs is 3. The SMILES string of the molecule is COc1cccc2c1C(=O)c1c(O)c3c(c(O)c1C2=O)C[C@@](O)(/C(CO)=N/NC(C)=O)C[C@@H]3O[C@H]1C[C@H](N)[C@H](O)[C@H](C)O1. The number of aromatic hydroxyl groups is 2. The number of nitrogens with two attached hydrogens (primary N) is 1. The maximum absolute atomic E-state index is 13.8. The first-order valence-corrected chi connectivity index (χ1v) is 13.6. The van der Waals surface area contributed by atoms with Crippen molar-refractivity contribution in [1.82, 2.24) is 5.43 Å². The third kappa shape index (κ3) is 5.05. The molecule has 2 aromatic rings. The smallest absolute Gasteiger partial charge is 0.236 e. The van der Waals surface area contributed by atoms with Gasteiger partial charge in [-0.1, -0.05) is 12.1 Å². The van der Waals surface area contributed by atoms with Crippen LogP contribution in [0.4, 0.5) is 0 Å². The fourth-order valence-corrected chi connectivity index (χ4v) is 6.04. The lowest BCUT2D eigenvalue weighted by atomic mass is 9.71. The Bertz CT molecular complexity index is 1530. The first-order valence-electron chi connectivity index (χ1n) is 13.6. The summed E-state index contributed by atoms with van der Waals surface area (Å²) in [5.74, 6) is -3.34. The van der Waals surface area contributed by atoms with Crippen LogP contribution in [0.3, 0.4) is 0 Å². The lowest BCUT2D eigenvalue weighted by molar-refractivity contribution is -0.245. The maximum atomic E-state index is 13.8. The number of carbonyl (C=O) groups is 3. The molecule has 230 valence electrons. The van der Waals surface area contributed by atoms with Crippen molar-refractivity contribution in [1.29, 1.82) is 0 Å². The van der Waals surface area contributed by atoms with E-state index in [9.17, 15) is 39.9 Å². The molecule has 0 bridgehead atoms. The molecular formula is C29H33N3O11. The molecule has 14 nitrogen and oxygen atoms in total. The van der Waals surface area contributed by atoms with Crippen LogP contribution < -0.4 is 15.9 Å². The Hall–Kier alpha value is -3.92. The molecule has 0 saturated carbocycles. The van der Waals surface area contributed by atoms with Gasteiger partial charge in [-0.05, 0) is 13.0 Å². The number of hydrazone groups is 1. The Balaban J connectivity index is 1.70. The number of hydrogen-bond acceptors (Lipinski definition) is 13. The van der Waals surface area contributed by atoms with Crippen molar-refractivity contribution in [2.45, 2.75) is 69.4 Å². The molecule has 1 fully saturated rings. The molecule has 0 spiro atoms. The lowest BCUT2D eigenvalue weighted by Crippen LogP contribution is -2.53. The quantitative estimate of drug-likeness (QED) is 0.112. The van der Waals surface area contributed by atoms with Crippen LogP contribution in [0.1, 0.15) is 75.8 Å². The van der Waals surface area contributed by atoms with Crippen LogP contribution in [0, 0.1) is 0 Å². The van der Waals surface area contributed by atoms with Crippen LogP contribution in [0.5, 0.6) is 17.2 Å². The highest BCUT2D eigenvalue weighted by atomic mass is 16.7. The van der Waals surface area contributed by atoms with Gasteiger partial charge in [0.25, 0.3) is 0 Å². The van der Waals surface area contributed by atoms with Gasteiger partial charge >= 0.3 is 0 Å². The van der Waals surface area contributed by atoms with Crippen molar-refractivity contribution in [3.05, 3.63) is 51.6 Å². The summed E-state index contributed by atoms with van der Waals surface area (Å²) in [6, 6.07) is 3.65. The van der Waals surface area contributed by atoms with E-state index < -0.39 is 95.8 Å². The standard InChI is InChI=1S/C29H33N3O11/c1-11-24(35)15(30)7-19(42-11)43-17-9-29(40,18(10-33)32-31-12(2)34)8-14-21(17)28(39)23-22(26(14)37)25(36)13-5-4-6-16(41-3)20(13)27(23)38/h4-6,11,15,17,19,24,33,35,37,39-40H,7-10,30H2,1-3H3,(H,31,34)/b32-18+/t11-,15-,17-,19-,24+,29-/m0/s1. The number of aliphatic hydroxyl groups is 3. The average molecular weight is 600 g/mol.